The van der Waals surface area contributed by atoms with E-state index in [1.807, 2.05) is 13.8 Å². The summed E-state index contributed by atoms with van der Waals surface area (Å²) in [6, 6.07) is -1.08. The zero-order valence-corrected chi connectivity index (χ0v) is 13.4. The molecule has 1 fully saturated rings. The molecule has 120 valence electrons. The number of carboxylic acids is 1. The summed E-state index contributed by atoms with van der Waals surface area (Å²) in [7, 11) is 0. The lowest BCUT2D eigenvalue weighted by molar-refractivity contribution is -0.141. The zero-order valence-electron chi connectivity index (χ0n) is 12.6. The Morgan fingerprint density at radius 3 is 2.81 bits per heavy atom. The quantitative estimate of drug-likeness (QED) is 0.528. The van der Waals surface area contributed by atoms with Crippen LogP contribution in [-0.4, -0.2) is 58.9 Å². The number of nitrogens with zero attached hydrogens (tertiary/aromatic N) is 1. The normalized spacial score (nSPS) is 21.3. The number of hydrogen-bond donors (Lipinski definition) is 2. The Balaban J connectivity index is 2.47. The molecule has 0 aromatic rings. The van der Waals surface area contributed by atoms with Crippen LogP contribution in [0.15, 0.2) is 12.2 Å². The van der Waals surface area contributed by atoms with Crippen LogP contribution in [0.1, 0.15) is 26.7 Å². The molecule has 0 spiro atoms. The van der Waals surface area contributed by atoms with Gasteiger partial charge in [-0.25, -0.2) is 9.59 Å². The summed E-state index contributed by atoms with van der Waals surface area (Å²) in [5.74, 6) is -0.505. The average Bonchev–Trinajstić information content (AvgIpc) is 2.82. The Bertz CT molecular complexity index is 389. The van der Waals surface area contributed by atoms with E-state index in [0.29, 0.717) is 25.5 Å². The lowest BCUT2D eigenvalue weighted by Crippen LogP contribution is -2.50. The molecule has 1 aliphatic rings. The van der Waals surface area contributed by atoms with Crippen molar-refractivity contribution < 1.29 is 19.4 Å². The van der Waals surface area contributed by atoms with E-state index in [2.05, 4.69) is 11.9 Å². The monoisotopic (exact) mass is 316 g/mol. The summed E-state index contributed by atoms with van der Waals surface area (Å²) in [4.78, 5) is 24.9. The molecule has 0 radical (unpaired) electrons. The van der Waals surface area contributed by atoms with Gasteiger partial charge in [0.05, 0.1) is 18.6 Å². The predicted octanol–water partition coefficient (Wildman–Crippen LogP) is 1.92. The summed E-state index contributed by atoms with van der Waals surface area (Å²) in [6.07, 6.45) is 1.71. The third-order valence-electron chi connectivity index (χ3n) is 3.02. The molecule has 2 unspecified atom stereocenters. The SMILES string of the molecule is C=C(C)COCCNC(=O)N1C(CCC)SCC1C(=O)O. The summed E-state index contributed by atoms with van der Waals surface area (Å²) in [6.45, 7) is 8.82. The Hall–Kier alpha value is -1.21. The summed E-state index contributed by atoms with van der Waals surface area (Å²) >= 11 is 1.53. The van der Waals surface area contributed by atoms with Gasteiger partial charge >= 0.3 is 12.0 Å². The summed E-state index contributed by atoms with van der Waals surface area (Å²) in [5, 5.41) is 11.9. The Labute approximate surface area is 129 Å². The zero-order chi connectivity index (χ0) is 15.8. The van der Waals surface area contributed by atoms with Crippen LogP contribution in [0.3, 0.4) is 0 Å². The molecule has 0 aliphatic carbocycles. The first-order valence-corrected chi connectivity index (χ1v) is 8.15. The first-order valence-electron chi connectivity index (χ1n) is 7.10. The molecule has 0 aromatic carbocycles. The van der Waals surface area contributed by atoms with Gasteiger partial charge in [0, 0.05) is 12.3 Å². The molecule has 1 aliphatic heterocycles. The smallest absolute Gasteiger partial charge is 0.327 e. The van der Waals surface area contributed by atoms with Crippen LogP contribution >= 0.6 is 11.8 Å². The molecule has 2 N–H and O–H groups in total. The highest BCUT2D eigenvalue weighted by Gasteiger charge is 2.40. The van der Waals surface area contributed by atoms with Crippen molar-refractivity contribution in [2.45, 2.75) is 38.1 Å². The standard InChI is InChI=1S/C14H24N2O4S/c1-4-5-12-16(11(9-21-12)13(17)18)14(19)15-6-7-20-8-10(2)3/h11-12H,2,4-9H2,1,3H3,(H,15,19)(H,17,18). The topological polar surface area (TPSA) is 78.9 Å². The minimum atomic E-state index is -0.949. The summed E-state index contributed by atoms with van der Waals surface area (Å²) < 4.78 is 5.30. The third kappa shape index (κ3) is 5.59. The van der Waals surface area contributed by atoms with Gasteiger partial charge in [0.2, 0.25) is 0 Å². The highest BCUT2D eigenvalue weighted by molar-refractivity contribution is 8.00. The first-order chi connectivity index (χ1) is 9.97. The van der Waals surface area contributed by atoms with Gasteiger partial charge < -0.3 is 15.2 Å². The van der Waals surface area contributed by atoms with Gasteiger partial charge in [0.15, 0.2) is 0 Å². The van der Waals surface area contributed by atoms with Gasteiger partial charge in [0.25, 0.3) is 0 Å². The van der Waals surface area contributed by atoms with Crippen molar-refractivity contribution in [2.75, 3.05) is 25.5 Å². The second kappa shape index (κ2) is 8.94. The Morgan fingerprint density at radius 2 is 2.24 bits per heavy atom. The fourth-order valence-electron chi connectivity index (χ4n) is 2.06. The summed E-state index contributed by atoms with van der Waals surface area (Å²) in [5.41, 5.74) is 0.922. The first kappa shape index (κ1) is 17.8. The van der Waals surface area contributed by atoms with Gasteiger partial charge in [-0.1, -0.05) is 25.5 Å². The van der Waals surface area contributed by atoms with E-state index in [0.717, 1.165) is 18.4 Å². The molecule has 0 aromatic heterocycles. The third-order valence-corrected chi connectivity index (χ3v) is 4.37. The average molecular weight is 316 g/mol. The Kier molecular flexibility index (Phi) is 7.60. The predicted molar refractivity (Wildman–Crippen MR) is 83.4 cm³/mol. The molecule has 1 heterocycles. The van der Waals surface area contributed by atoms with Crippen LogP contribution < -0.4 is 5.32 Å². The second-order valence-electron chi connectivity index (χ2n) is 5.08. The molecule has 0 saturated carbocycles. The van der Waals surface area contributed by atoms with Crippen LogP contribution in [0.2, 0.25) is 0 Å². The van der Waals surface area contributed by atoms with E-state index in [-0.39, 0.29) is 11.4 Å². The van der Waals surface area contributed by atoms with E-state index < -0.39 is 12.0 Å². The molecule has 7 heteroatoms. The van der Waals surface area contributed by atoms with Crippen LogP contribution in [0.4, 0.5) is 4.79 Å². The highest BCUT2D eigenvalue weighted by Crippen LogP contribution is 2.32. The van der Waals surface area contributed by atoms with Crippen molar-refractivity contribution in [2.24, 2.45) is 0 Å². The van der Waals surface area contributed by atoms with Crippen molar-refractivity contribution in [1.29, 1.82) is 0 Å². The number of hydrogen-bond acceptors (Lipinski definition) is 4. The van der Waals surface area contributed by atoms with Crippen LogP contribution in [-0.2, 0) is 9.53 Å². The number of carbonyl (C=O) groups is 2. The molecule has 1 saturated heterocycles. The maximum Gasteiger partial charge on any atom is 0.327 e. The number of nitrogens with one attached hydrogen (secondary N) is 1. The van der Waals surface area contributed by atoms with E-state index in [9.17, 15) is 14.7 Å². The number of amides is 2. The minimum absolute atomic E-state index is 0.0626. The van der Waals surface area contributed by atoms with Crippen molar-refractivity contribution in [3.05, 3.63) is 12.2 Å². The van der Waals surface area contributed by atoms with Crippen LogP contribution in [0, 0.1) is 0 Å². The number of carboxylic acid groups (broad SMARTS) is 1. The molecule has 2 atom stereocenters. The van der Waals surface area contributed by atoms with Gasteiger partial charge in [-0.3, -0.25) is 4.90 Å². The number of urea groups is 1. The van der Waals surface area contributed by atoms with E-state index in [1.165, 1.54) is 16.7 Å². The maximum atomic E-state index is 12.2. The molecular weight excluding hydrogens is 292 g/mol. The highest BCUT2D eigenvalue weighted by atomic mass is 32.2. The molecule has 1 rings (SSSR count). The number of rotatable bonds is 8. The molecule has 2 amide bonds. The number of thioether (sulfide) groups is 1. The van der Waals surface area contributed by atoms with Gasteiger partial charge in [0.1, 0.15) is 6.04 Å². The van der Waals surface area contributed by atoms with Crippen molar-refractivity contribution in [3.63, 3.8) is 0 Å². The number of carbonyl (C=O) groups excluding carboxylic acids is 1. The largest absolute Gasteiger partial charge is 0.480 e. The fourth-order valence-corrected chi connectivity index (χ4v) is 3.58. The van der Waals surface area contributed by atoms with Crippen molar-refractivity contribution in [1.82, 2.24) is 10.2 Å². The number of ether oxygens (including phenoxy) is 1. The Morgan fingerprint density at radius 1 is 1.52 bits per heavy atom. The number of aliphatic carboxylic acids is 1. The molecule has 21 heavy (non-hydrogen) atoms. The molecule has 0 bridgehead atoms. The maximum absolute atomic E-state index is 12.2. The van der Waals surface area contributed by atoms with E-state index >= 15 is 0 Å². The lowest BCUT2D eigenvalue weighted by atomic mass is 10.2. The van der Waals surface area contributed by atoms with Crippen LogP contribution in [0.5, 0.6) is 0 Å². The fraction of sp³-hybridized carbons (Fsp3) is 0.714. The van der Waals surface area contributed by atoms with E-state index in [4.69, 9.17) is 4.74 Å². The second-order valence-corrected chi connectivity index (χ2v) is 6.29. The van der Waals surface area contributed by atoms with Crippen molar-refractivity contribution in [3.8, 4) is 0 Å². The van der Waals surface area contributed by atoms with Gasteiger partial charge in [-0.15, -0.1) is 11.8 Å². The van der Waals surface area contributed by atoms with Crippen molar-refractivity contribution >= 4 is 23.8 Å². The van der Waals surface area contributed by atoms with Crippen LogP contribution in [0.25, 0.3) is 0 Å². The minimum Gasteiger partial charge on any atom is -0.480 e. The van der Waals surface area contributed by atoms with E-state index in [1.54, 1.807) is 0 Å². The van der Waals surface area contributed by atoms with Gasteiger partial charge in [-0.05, 0) is 13.3 Å². The molecular formula is C14H24N2O4S. The lowest BCUT2D eigenvalue weighted by Gasteiger charge is -2.27. The van der Waals surface area contributed by atoms with Gasteiger partial charge in [-0.2, -0.15) is 0 Å². The molecule has 6 nitrogen and oxygen atoms in total.